The molecular formula is C49H73N9O9S. The molecule has 7 atom stereocenters. The van der Waals surface area contributed by atoms with Crippen LogP contribution in [0.3, 0.4) is 0 Å². The molecule has 0 aliphatic carbocycles. The molecule has 19 heteroatoms. The molecule has 5 rings (SSSR count). The third-order valence-corrected chi connectivity index (χ3v) is 14.3. The van der Waals surface area contributed by atoms with Gasteiger partial charge in [0.1, 0.15) is 24.2 Å². The number of hydrogen-bond donors (Lipinski definition) is 6. The lowest BCUT2D eigenvalue weighted by molar-refractivity contribution is -0.147. The summed E-state index contributed by atoms with van der Waals surface area (Å²) in [5, 5.41) is 22.1. The first-order valence-corrected chi connectivity index (χ1v) is 25.1. The molecular weight excluding hydrogens is 891 g/mol. The van der Waals surface area contributed by atoms with Gasteiger partial charge in [-0.1, -0.05) is 77.6 Å². The van der Waals surface area contributed by atoms with Crippen molar-refractivity contribution in [1.82, 2.24) is 41.0 Å². The standard InChI is InChI=1S/C49H73N9O9S/c1-30-27-56(32(3)59)24-22-35-18-20-38(58(35)47(30)66)46(65)54-37(19-21-40(50)61)44(63)51-23-12-10-8-7-9-11-13-41(62)55-43(49(4,5)6)48(67)57-28-36(60)25-39(57)45(64)52-26-33-14-16-34(17-15-33)42-31(2)53-29-68-42/h14-17,29-30,35-39,43,60H,7-13,18-28H2,1-6H3,(H2,50,61)(H,51,63)(H,52,64)(H,54,65)(H,55,62)/t30-,35+,36+,37-,38-,39-,43+/m0/s1. The van der Waals surface area contributed by atoms with Crippen LogP contribution in [0, 0.1) is 18.3 Å². The van der Waals surface area contributed by atoms with Crippen LogP contribution in [0.15, 0.2) is 29.8 Å². The zero-order chi connectivity index (χ0) is 49.7. The van der Waals surface area contributed by atoms with Crippen LogP contribution in [0.4, 0.5) is 0 Å². The van der Waals surface area contributed by atoms with Crippen molar-refractivity contribution in [3.63, 3.8) is 0 Å². The molecule has 3 fully saturated rings. The molecule has 3 aliphatic heterocycles. The Hall–Kier alpha value is -5.43. The van der Waals surface area contributed by atoms with Gasteiger partial charge < -0.3 is 46.8 Å². The minimum absolute atomic E-state index is 0.00866. The number of carbonyl (C=O) groups excluding carboxylic acids is 8. The topological polar surface area (TPSA) is 254 Å². The molecule has 8 amide bonds. The third kappa shape index (κ3) is 14.8. The highest BCUT2D eigenvalue weighted by Gasteiger charge is 2.46. The zero-order valence-corrected chi connectivity index (χ0v) is 41.5. The molecule has 3 aliphatic rings. The van der Waals surface area contributed by atoms with Crippen molar-refractivity contribution >= 4 is 58.6 Å². The Morgan fingerprint density at radius 3 is 2.22 bits per heavy atom. The Labute approximate surface area is 404 Å². The van der Waals surface area contributed by atoms with Gasteiger partial charge in [-0.2, -0.15) is 0 Å². The van der Waals surface area contributed by atoms with Gasteiger partial charge in [-0.05, 0) is 62.0 Å². The van der Waals surface area contributed by atoms with Gasteiger partial charge in [0.2, 0.25) is 47.3 Å². The van der Waals surface area contributed by atoms with E-state index in [2.05, 4.69) is 26.3 Å². The number of likely N-dealkylation sites (tertiary alicyclic amines) is 1. The van der Waals surface area contributed by atoms with Crippen LogP contribution < -0.4 is 27.0 Å². The van der Waals surface area contributed by atoms with Crippen molar-refractivity contribution < 1.29 is 43.5 Å². The van der Waals surface area contributed by atoms with Crippen LogP contribution >= 0.6 is 11.3 Å². The number of aromatic nitrogens is 1. The van der Waals surface area contributed by atoms with Crippen molar-refractivity contribution in [2.75, 3.05) is 26.2 Å². The van der Waals surface area contributed by atoms with Crippen LogP contribution in [0.2, 0.25) is 0 Å². The summed E-state index contributed by atoms with van der Waals surface area (Å²) in [5.41, 5.74) is 9.42. The van der Waals surface area contributed by atoms with Gasteiger partial charge >= 0.3 is 0 Å². The molecule has 374 valence electrons. The van der Waals surface area contributed by atoms with Crippen LogP contribution in [-0.2, 0) is 44.9 Å². The number of aliphatic hydroxyl groups excluding tert-OH is 1. The van der Waals surface area contributed by atoms with E-state index in [4.69, 9.17) is 5.73 Å². The molecule has 2 aromatic rings. The number of nitrogens with one attached hydrogen (secondary N) is 4. The smallest absolute Gasteiger partial charge is 0.246 e. The quantitative estimate of drug-likeness (QED) is 0.0998. The van der Waals surface area contributed by atoms with Crippen LogP contribution in [-0.4, -0.2) is 135 Å². The summed E-state index contributed by atoms with van der Waals surface area (Å²) in [5.74, 6) is -3.31. The minimum Gasteiger partial charge on any atom is -0.391 e. The Kier molecular flexibility index (Phi) is 19.5. The average Bonchev–Trinajstić information content (AvgIpc) is 4.03. The highest BCUT2D eigenvalue weighted by Crippen LogP contribution is 2.32. The Balaban J connectivity index is 1.01. The number of unbranched alkanes of at least 4 members (excludes halogenated alkanes) is 5. The van der Waals surface area contributed by atoms with E-state index in [0.717, 1.165) is 47.4 Å². The molecule has 7 N–H and O–H groups in total. The molecule has 3 saturated heterocycles. The van der Waals surface area contributed by atoms with Crippen LogP contribution in [0.5, 0.6) is 0 Å². The molecule has 0 spiro atoms. The predicted molar refractivity (Wildman–Crippen MR) is 257 cm³/mol. The van der Waals surface area contributed by atoms with Crippen molar-refractivity contribution in [1.29, 1.82) is 0 Å². The lowest BCUT2D eigenvalue weighted by Crippen LogP contribution is -2.57. The number of thiazole rings is 1. The number of aryl methyl sites for hydroxylation is 1. The molecule has 0 unspecified atom stereocenters. The lowest BCUT2D eigenvalue weighted by atomic mass is 9.85. The van der Waals surface area contributed by atoms with E-state index in [9.17, 15) is 43.5 Å². The second-order valence-electron chi connectivity index (χ2n) is 19.8. The van der Waals surface area contributed by atoms with E-state index in [1.54, 1.807) is 33.6 Å². The fraction of sp³-hybridized carbons (Fsp3) is 0.653. The number of benzene rings is 1. The number of rotatable bonds is 21. The number of fused-ring (bicyclic) bond motifs is 1. The van der Waals surface area contributed by atoms with E-state index in [1.165, 1.54) is 11.8 Å². The Bertz CT molecular complexity index is 2110. The number of amides is 8. The Morgan fingerprint density at radius 1 is 0.882 bits per heavy atom. The molecule has 68 heavy (non-hydrogen) atoms. The van der Waals surface area contributed by atoms with Gasteiger partial charge in [-0.25, -0.2) is 4.98 Å². The average molecular weight is 964 g/mol. The fourth-order valence-electron chi connectivity index (χ4n) is 9.39. The van der Waals surface area contributed by atoms with E-state index in [0.29, 0.717) is 45.2 Å². The molecule has 4 heterocycles. The van der Waals surface area contributed by atoms with E-state index >= 15 is 0 Å². The minimum atomic E-state index is -1.01. The number of nitrogens with zero attached hydrogens (tertiary/aromatic N) is 4. The maximum absolute atomic E-state index is 14.0. The molecule has 0 bridgehead atoms. The number of aliphatic hydroxyl groups is 1. The maximum atomic E-state index is 14.0. The normalized spacial score (nSPS) is 21.5. The zero-order valence-electron chi connectivity index (χ0n) is 40.6. The lowest BCUT2D eigenvalue weighted by Gasteiger charge is -2.37. The first-order valence-electron chi connectivity index (χ1n) is 24.2. The van der Waals surface area contributed by atoms with E-state index in [-0.39, 0.29) is 75.0 Å². The van der Waals surface area contributed by atoms with Crippen molar-refractivity contribution in [2.24, 2.45) is 17.1 Å². The first-order chi connectivity index (χ1) is 32.2. The highest BCUT2D eigenvalue weighted by atomic mass is 32.1. The molecule has 18 nitrogen and oxygen atoms in total. The number of hydrogen-bond acceptors (Lipinski definition) is 11. The van der Waals surface area contributed by atoms with Gasteiger partial charge in [-0.15, -0.1) is 11.3 Å². The van der Waals surface area contributed by atoms with Crippen molar-refractivity contribution in [3.8, 4) is 10.4 Å². The molecule has 1 aromatic carbocycles. The summed E-state index contributed by atoms with van der Waals surface area (Å²) in [7, 11) is 0. The van der Waals surface area contributed by atoms with Crippen molar-refractivity contribution in [2.45, 2.75) is 168 Å². The van der Waals surface area contributed by atoms with E-state index in [1.807, 2.05) is 52.0 Å². The number of β-amino-alcohol motifs (C(OH)–C–C–N with tert-alkyl or cyclic N) is 1. The molecule has 1 aromatic heterocycles. The summed E-state index contributed by atoms with van der Waals surface area (Å²) < 4.78 is 0. The fourth-order valence-corrected chi connectivity index (χ4v) is 10.2. The van der Waals surface area contributed by atoms with Crippen LogP contribution in [0.1, 0.15) is 129 Å². The van der Waals surface area contributed by atoms with E-state index < -0.39 is 65.2 Å². The summed E-state index contributed by atoms with van der Waals surface area (Å²) in [4.78, 5) is 115. The molecule has 0 saturated carbocycles. The second-order valence-corrected chi connectivity index (χ2v) is 20.7. The van der Waals surface area contributed by atoms with Gasteiger partial charge in [0, 0.05) is 65.0 Å². The number of nitrogens with two attached hydrogens (primary N) is 1. The SMILES string of the molecule is CC(=O)N1CC[C@H]2CC[C@@H](C(=O)N[C@@H](CCC(N)=O)C(=O)NCCCCCCCCC(=O)N[C@H](C(=O)N3C[C@H](O)C[C@H]3C(=O)NCc3ccc(-c4scnc4C)cc3)C(C)(C)C)N2C(=O)[C@@H](C)C1. The van der Waals surface area contributed by atoms with Crippen molar-refractivity contribution in [3.05, 3.63) is 41.0 Å². The summed E-state index contributed by atoms with van der Waals surface area (Å²) in [6.07, 6.45) is 5.52. The summed E-state index contributed by atoms with van der Waals surface area (Å²) in [6, 6.07) is 4.11. The summed E-state index contributed by atoms with van der Waals surface area (Å²) in [6.45, 7) is 12.1. The van der Waals surface area contributed by atoms with Gasteiger partial charge in [0.25, 0.3) is 0 Å². The van der Waals surface area contributed by atoms with Gasteiger partial charge in [-0.3, -0.25) is 38.4 Å². The largest absolute Gasteiger partial charge is 0.391 e. The monoisotopic (exact) mass is 964 g/mol. The van der Waals surface area contributed by atoms with Gasteiger partial charge in [0.05, 0.1) is 28.1 Å². The van der Waals surface area contributed by atoms with Gasteiger partial charge in [0.15, 0.2) is 0 Å². The highest BCUT2D eigenvalue weighted by molar-refractivity contribution is 7.13. The number of carbonyl (C=O) groups is 8. The van der Waals surface area contributed by atoms with Crippen LogP contribution in [0.25, 0.3) is 10.4 Å². The molecule has 0 radical (unpaired) electrons. The number of primary amides is 1. The predicted octanol–water partition coefficient (Wildman–Crippen LogP) is 3.07. The first kappa shape index (κ1) is 53.5. The maximum Gasteiger partial charge on any atom is 0.246 e. The third-order valence-electron chi connectivity index (χ3n) is 13.3. The Morgan fingerprint density at radius 2 is 1.57 bits per heavy atom. The summed E-state index contributed by atoms with van der Waals surface area (Å²) >= 11 is 1.57. The second kappa shape index (κ2) is 24.7.